The van der Waals surface area contributed by atoms with E-state index in [0.29, 0.717) is 11.3 Å². The molecule has 0 amide bonds. The number of para-hydroxylation sites is 1. The summed E-state index contributed by atoms with van der Waals surface area (Å²) in [4.78, 5) is 15.6. The van der Waals surface area contributed by atoms with Gasteiger partial charge in [-0.25, -0.2) is 9.78 Å². The fraction of sp³-hybridized carbons (Fsp3) is 0.0667. The number of imidazole rings is 1. The van der Waals surface area contributed by atoms with Crippen molar-refractivity contribution in [2.75, 3.05) is 7.11 Å². The number of hydrogen-bond donors (Lipinski definition) is 1. The highest BCUT2D eigenvalue weighted by Gasteiger charge is 2.15. The van der Waals surface area contributed by atoms with Gasteiger partial charge in [-0.05, 0) is 18.2 Å². The number of methoxy groups -OCH3 is 1. The summed E-state index contributed by atoms with van der Waals surface area (Å²) in [5, 5.41) is 9.25. The molecule has 3 rings (SSSR count). The van der Waals surface area contributed by atoms with Gasteiger partial charge < -0.3 is 9.84 Å². The molecule has 1 N–H and O–H groups in total. The first-order valence-electron chi connectivity index (χ1n) is 6.04. The van der Waals surface area contributed by atoms with E-state index in [0.717, 1.165) is 11.2 Å². The van der Waals surface area contributed by atoms with Gasteiger partial charge in [0.05, 0.1) is 18.1 Å². The van der Waals surface area contributed by atoms with Gasteiger partial charge in [0.25, 0.3) is 0 Å². The molecule has 5 nitrogen and oxygen atoms in total. The van der Waals surface area contributed by atoms with E-state index in [2.05, 4.69) is 4.98 Å². The van der Waals surface area contributed by atoms with Crippen molar-refractivity contribution in [3.8, 4) is 11.4 Å². The number of benzene rings is 2. The highest BCUT2D eigenvalue weighted by atomic mass is 35.5. The third-order valence-electron chi connectivity index (χ3n) is 3.13. The maximum absolute atomic E-state index is 11.3. The summed E-state index contributed by atoms with van der Waals surface area (Å²) >= 11 is 0. The van der Waals surface area contributed by atoms with Crippen molar-refractivity contribution < 1.29 is 14.6 Å². The van der Waals surface area contributed by atoms with E-state index in [1.165, 1.54) is 7.11 Å². The minimum Gasteiger partial charge on any atom is -0.496 e. The second-order valence-electron chi connectivity index (χ2n) is 4.30. The van der Waals surface area contributed by atoms with Crippen molar-refractivity contribution in [2.45, 2.75) is 0 Å². The fourth-order valence-corrected chi connectivity index (χ4v) is 2.17. The molecule has 0 atom stereocenters. The van der Waals surface area contributed by atoms with E-state index in [1.54, 1.807) is 18.5 Å². The molecular formula is C15H13ClN2O3. The third-order valence-corrected chi connectivity index (χ3v) is 3.13. The van der Waals surface area contributed by atoms with Crippen LogP contribution in [0.25, 0.3) is 16.7 Å². The van der Waals surface area contributed by atoms with Crippen LogP contribution in [0, 0.1) is 0 Å². The Balaban J connectivity index is 0.00000161. The van der Waals surface area contributed by atoms with E-state index < -0.39 is 5.97 Å². The maximum Gasteiger partial charge on any atom is 0.339 e. The van der Waals surface area contributed by atoms with Crippen LogP contribution in [0.5, 0.6) is 5.75 Å². The van der Waals surface area contributed by atoms with Crippen molar-refractivity contribution in [2.24, 2.45) is 0 Å². The molecule has 1 heterocycles. The number of carbonyl (C=O) groups is 1. The van der Waals surface area contributed by atoms with Crippen LogP contribution in [0.1, 0.15) is 10.4 Å². The number of aromatic carboxylic acids is 1. The molecular weight excluding hydrogens is 292 g/mol. The summed E-state index contributed by atoms with van der Waals surface area (Å²) in [6.07, 6.45) is 1.67. The van der Waals surface area contributed by atoms with E-state index in [-0.39, 0.29) is 18.0 Å². The summed E-state index contributed by atoms with van der Waals surface area (Å²) in [6, 6.07) is 12.9. The predicted molar refractivity (Wildman–Crippen MR) is 81.8 cm³/mol. The van der Waals surface area contributed by atoms with Crippen LogP contribution in [0.3, 0.4) is 0 Å². The van der Waals surface area contributed by atoms with Gasteiger partial charge >= 0.3 is 5.97 Å². The van der Waals surface area contributed by atoms with Gasteiger partial charge in [0, 0.05) is 11.8 Å². The van der Waals surface area contributed by atoms with Crippen LogP contribution in [0.2, 0.25) is 0 Å². The van der Waals surface area contributed by atoms with Crippen molar-refractivity contribution >= 4 is 29.4 Å². The lowest BCUT2D eigenvalue weighted by Crippen LogP contribution is -2.01. The minimum atomic E-state index is -1.02. The number of fused-ring (bicyclic) bond motifs is 1. The average molecular weight is 305 g/mol. The zero-order valence-electron chi connectivity index (χ0n) is 11.2. The Morgan fingerprint density at radius 2 is 1.95 bits per heavy atom. The standard InChI is InChI=1S/C15H12N2O3.ClH/c1-20-14-8-12-13(7-11(14)15(18)19)17(9-16-12)10-5-3-2-4-6-10;/h2-9H,1H3,(H,18,19);1H. The van der Waals surface area contributed by atoms with Crippen molar-refractivity contribution in [1.82, 2.24) is 9.55 Å². The Bertz CT molecular complexity index is 784. The molecule has 0 unspecified atom stereocenters. The monoisotopic (exact) mass is 304 g/mol. The molecule has 0 saturated heterocycles. The molecule has 0 saturated carbocycles. The Labute approximate surface area is 127 Å². The molecule has 0 fully saturated rings. The first-order valence-corrected chi connectivity index (χ1v) is 6.04. The molecule has 3 aromatic rings. The fourth-order valence-electron chi connectivity index (χ4n) is 2.17. The number of hydrogen-bond acceptors (Lipinski definition) is 3. The average Bonchev–Trinajstić information content (AvgIpc) is 2.89. The molecule has 0 bridgehead atoms. The first kappa shape index (κ1) is 14.9. The van der Waals surface area contributed by atoms with Gasteiger partial charge in [0.2, 0.25) is 0 Å². The lowest BCUT2D eigenvalue weighted by Gasteiger charge is -2.07. The molecule has 0 radical (unpaired) electrons. The van der Waals surface area contributed by atoms with Crippen LogP contribution in [0.15, 0.2) is 48.8 Å². The molecule has 108 valence electrons. The molecule has 0 aliphatic heterocycles. The molecule has 2 aromatic carbocycles. The van der Waals surface area contributed by atoms with Crippen LogP contribution >= 0.6 is 12.4 Å². The Kier molecular flexibility index (Phi) is 4.14. The first-order chi connectivity index (χ1) is 9.70. The summed E-state index contributed by atoms with van der Waals surface area (Å²) in [5.74, 6) is -0.715. The Morgan fingerprint density at radius 3 is 2.57 bits per heavy atom. The number of carboxylic acid groups (broad SMARTS) is 1. The molecule has 0 aliphatic carbocycles. The van der Waals surface area contributed by atoms with E-state index in [1.807, 2.05) is 34.9 Å². The van der Waals surface area contributed by atoms with Crippen LogP contribution < -0.4 is 4.74 Å². The van der Waals surface area contributed by atoms with Gasteiger partial charge in [0.1, 0.15) is 17.6 Å². The van der Waals surface area contributed by atoms with Crippen LogP contribution in [-0.2, 0) is 0 Å². The van der Waals surface area contributed by atoms with Crippen LogP contribution in [-0.4, -0.2) is 27.7 Å². The number of halogens is 1. The SMILES string of the molecule is COc1cc2ncn(-c3ccccc3)c2cc1C(=O)O.Cl. The van der Waals surface area contributed by atoms with E-state index >= 15 is 0 Å². The zero-order chi connectivity index (χ0) is 14.1. The number of aromatic nitrogens is 2. The van der Waals surface area contributed by atoms with Crippen molar-refractivity contribution in [3.63, 3.8) is 0 Å². The van der Waals surface area contributed by atoms with Gasteiger partial charge in [0.15, 0.2) is 0 Å². The summed E-state index contributed by atoms with van der Waals surface area (Å²) in [7, 11) is 1.45. The third kappa shape index (κ3) is 2.55. The predicted octanol–water partition coefficient (Wildman–Crippen LogP) is 3.15. The van der Waals surface area contributed by atoms with Gasteiger partial charge in [-0.1, -0.05) is 18.2 Å². The largest absolute Gasteiger partial charge is 0.496 e. The normalized spacial score (nSPS) is 10.1. The Morgan fingerprint density at radius 1 is 1.24 bits per heavy atom. The number of nitrogens with zero attached hydrogens (tertiary/aromatic N) is 2. The van der Waals surface area contributed by atoms with Gasteiger partial charge in [-0.3, -0.25) is 4.57 Å². The van der Waals surface area contributed by atoms with E-state index in [4.69, 9.17) is 4.74 Å². The lowest BCUT2D eigenvalue weighted by atomic mass is 10.1. The molecule has 1 aromatic heterocycles. The second-order valence-corrected chi connectivity index (χ2v) is 4.30. The number of carboxylic acids is 1. The smallest absolute Gasteiger partial charge is 0.339 e. The topological polar surface area (TPSA) is 64.4 Å². The summed E-state index contributed by atoms with van der Waals surface area (Å²) in [6.45, 7) is 0. The molecule has 21 heavy (non-hydrogen) atoms. The maximum atomic E-state index is 11.3. The summed E-state index contributed by atoms with van der Waals surface area (Å²) < 4.78 is 6.95. The molecule has 0 aliphatic rings. The number of rotatable bonds is 3. The van der Waals surface area contributed by atoms with Crippen LogP contribution in [0.4, 0.5) is 0 Å². The highest BCUT2D eigenvalue weighted by molar-refractivity contribution is 5.96. The zero-order valence-corrected chi connectivity index (χ0v) is 12.0. The molecule has 0 spiro atoms. The minimum absolute atomic E-state index is 0. The lowest BCUT2D eigenvalue weighted by molar-refractivity contribution is 0.0693. The summed E-state index contributed by atoms with van der Waals surface area (Å²) in [5.41, 5.74) is 2.47. The molecule has 6 heteroatoms. The number of ether oxygens (including phenoxy) is 1. The van der Waals surface area contributed by atoms with Crippen molar-refractivity contribution in [3.05, 3.63) is 54.4 Å². The van der Waals surface area contributed by atoms with E-state index in [9.17, 15) is 9.90 Å². The van der Waals surface area contributed by atoms with Gasteiger partial charge in [-0.2, -0.15) is 0 Å². The quantitative estimate of drug-likeness (QED) is 0.807. The van der Waals surface area contributed by atoms with Crippen molar-refractivity contribution in [1.29, 1.82) is 0 Å². The van der Waals surface area contributed by atoms with Gasteiger partial charge in [-0.15, -0.1) is 12.4 Å². The Hall–Kier alpha value is -2.53. The second kappa shape index (κ2) is 5.85. The highest BCUT2D eigenvalue weighted by Crippen LogP contribution is 2.27.